The van der Waals surface area contributed by atoms with Gasteiger partial charge in [-0.2, -0.15) is 0 Å². The van der Waals surface area contributed by atoms with E-state index in [2.05, 4.69) is 33.5 Å². The number of nitrogens with zero attached hydrogens (tertiary/aromatic N) is 2. The van der Waals surface area contributed by atoms with E-state index in [1.54, 1.807) is 36.2 Å². The lowest BCUT2D eigenvalue weighted by molar-refractivity contribution is -0.141. The van der Waals surface area contributed by atoms with Gasteiger partial charge >= 0.3 is 6.03 Å². The third kappa shape index (κ3) is 15.7. The summed E-state index contributed by atoms with van der Waals surface area (Å²) in [4.78, 5) is 90.5. The summed E-state index contributed by atoms with van der Waals surface area (Å²) in [5, 5.41) is 13.5. The zero-order chi connectivity index (χ0) is 41.3. The highest BCUT2D eigenvalue weighted by Crippen LogP contribution is 2.34. The van der Waals surface area contributed by atoms with E-state index >= 15 is 0 Å². The van der Waals surface area contributed by atoms with Crippen molar-refractivity contribution in [2.75, 3.05) is 33.7 Å². The highest BCUT2D eigenvalue weighted by atomic mass is 16.2. The Hall–Kier alpha value is -4.33. The van der Waals surface area contributed by atoms with E-state index in [1.807, 2.05) is 59.6 Å². The van der Waals surface area contributed by atoms with Gasteiger partial charge in [-0.05, 0) is 82.9 Å². The van der Waals surface area contributed by atoms with Crippen LogP contribution in [0.2, 0.25) is 0 Å². The molecular weight excluding hydrogens is 702 g/mol. The standard InChI is InChI=1S/C27H39N5O5.C14H28N2O2/c1-4-14-32(3)27(37)23(19-9-6-5-7-10-19)30-22(33)17-28-26(36)24(34)20(16-18-12-13-18)29-25(35)21-11-8-15-31(21)2;1-7-9-14(5,6)16-12(18)15-11(10-17)13(3,4)8-2/h5-7,9-10,18,20-21,23H,4,8,11-17H2,1-3H3,(H,28,36)(H,29,35)(H,30,33);10-11H,7-9H2,1-6H3,(H2,15,16,18). The topological polar surface area (TPSA) is 186 Å². The Bertz CT molecular complexity index is 1450. The van der Waals surface area contributed by atoms with Gasteiger partial charge in [0.25, 0.3) is 5.91 Å². The Kier molecular flexibility index (Phi) is 19.0. The first kappa shape index (κ1) is 46.8. The van der Waals surface area contributed by atoms with Crippen LogP contribution in [0.5, 0.6) is 0 Å². The summed E-state index contributed by atoms with van der Waals surface area (Å²) >= 11 is 0. The molecule has 6 amide bonds. The molecule has 1 aromatic rings. The molecule has 5 N–H and O–H groups in total. The Morgan fingerprint density at radius 3 is 2.11 bits per heavy atom. The first-order chi connectivity index (χ1) is 25.9. The van der Waals surface area contributed by atoms with Gasteiger partial charge < -0.3 is 36.3 Å². The summed E-state index contributed by atoms with van der Waals surface area (Å²) in [5.41, 5.74) is 0.145. The van der Waals surface area contributed by atoms with E-state index in [1.165, 1.54) is 0 Å². The fourth-order valence-corrected chi connectivity index (χ4v) is 6.45. The highest BCUT2D eigenvalue weighted by molar-refractivity contribution is 6.38. The van der Waals surface area contributed by atoms with Gasteiger partial charge in [0.1, 0.15) is 12.3 Å². The van der Waals surface area contributed by atoms with Crippen LogP contribution in [-0.2, 0) is 28.8 Å². The number of Topliss-reactive ketones (excluding diaryl/α,β-unsaturated/α-hetero) is 1. The van der Waals surface area contributed by atoms with Crippen molar-refractivity contribution in [1.29, 1.82) is 0 Å². The Morgan fingerprint density at radius 1 is 0.927 bits per heavy atom. The second-order valence-electron chi connectivity index (χ2n) is 16.3. The molecule has 55 heavy (non-hydrogen) atoms. The smallest absolute Gasteiger partial charge is 0.315 e. The number of urea groups is 1. The lowest BCUT2D eigenvalue weighted by atomic mass is 9.82. The molecule has 4 atom stereocenters. The molecule has 1 aromatic carbocycles. The van der Waals surface area contributed by atoms with Crippen molar-refractivity contribution in [2.45, 2.75) is 136 Å². The first-order valence-corrected chi connectivity index (χ1v) is 19.8. The van der Waals surface area contributed by atoms with Gasteiger partial charge in [-0.25, -0.2) is 4.79 Å². The third-order valence-electron chi connectivity index (χ3n) is 10.5. The van der Waals surface area contributed by atoms with Crippen LogP contribution in [0.4, 0.5) is 4.79 Å². The van der Waals surface area contributed by atoms with Crippen molar-refractivity contribution < 1.29 is 33.6 Å². The maximum Gasteiger partial charge on any atom is 0.315 e. The molecule has 0 aromatic heterocycles. The van der Waals surface area contributed by atoms with E-state index in [9.17, 15) is 33.6 Å². The van der Waals surface area contributed by atoms with Gasteiger partial charge in [0, 0.05) is 19.1 Å². The summed E-state index contributed by atoms with van der Waals surface area (Å²) in [6.45, 7) is 14.9. The summed E-state index contributed by atoms with van der Waals surface area (Å²) in [7, 11) is 3.54. The fraction of sp³-hybridized carbons (Fsp3) is 0.683. The molecule has 14 nitrogen and oxygen atoms in total. The van der Waals surface area contributed by atoms with Crippen LogP contribution in [0, 0.1) is 11.3 Å². The number of aldehydes is 1. The molecule has 2 aliphatic rings. The van der Waals surface area contributed by atoms with E-state index in [0.717, 1.165) is 57.8 Å². The molecule has 1 heterocycles. The number of likely N-dealkylation sites (N-methyl/N-ethyl adjacent to an activating group) is 2. The van der Waals surface area contributed by atoms with Crippen LogP contribution in [0.3, 0.4) is 0 Å². The number of benzene rings is 1. The van der Waals surface area contributed by atoms with Crippen LogP contribution in [0.15, 0.2) is 30.3 Å². The van der Waals surface area contributed by atoms with Crippen molar-refractivity contribution >= 4 is 41.7 Å². The number of hydrogen-bond donors (Lipinski definition) is 5. The lowest BCUT2D eigenvalue weighted by Crippen LogP contribution is -2.54. The monoisotopic (exact) mass is 770 g/mol. The molecule has 1 saturated carbocycles. The van der Waals surface area contributed by atoms with E-state index in [-0.39, 0.29) is 34.8 Å². The minimum Gasteiger partial charge on any atom is -0.344 e. The molecule has 0 radical (unpaired) electrons. The van der Waals surface area contributed by atoms with Crippen LogP contribution >= 0.6 is 0 Å². The van der Waals surface area contributed by atoms with Gasteiger partial charge in [-0.3, -0.25) is 28.9 Å². The minimum absolute atomic E-state index is 0.228. The zero-order valence-corrected chi connectivity index (χ0v) is 34.6. The van der Waals surface area contributed by atoms with Crippen molar-refractivity contribution in [3.05, 3.63) is 35.9 Å². The second-order valence-corrected chi connectivity index (χ2v) is 16.3. The Labute approximate surface area is 328 Å². The van der Waals surface area contributed by atoms with E-state index in [4.69, 9.17) is 0 Å². The largest absolute Gasteiger partial charge is 0.344 e. The summed E-state index contributed by atoms with van der Waals surface area (Å²) < 4.78 is 0. The molecule has 1 aliphatic heterocycles. The number of likely N-dealkylation sites (tertiary alicyclic amines) is 1. The Morgan fingerprint density at radius 2 is 1.58 bits per heavy atom. The van der Waals surface area contributed by atoms with Crippen molar-refractivity contribution in [2.24, 2.45) is 11.3 Å². The third-order valence-corrected chi connectivity index (χ3v) is 10.5. The van der Waals surface area contributed by atoms with Crippen LogP contribution in [0.25, 0.3) is 0 Å². The molecular formula is C41H67N7O7. The van der Waals surface area contributed by atoms with Crippen molar-refractivity contribution in [3.8, 4) is 0 Å². The SMILES string of the molecule is CCCC(C)(C)NC(=O)NC(C=O)C(C)(C)CC.CCCN(C)C(=O)C(NC(=O)CNC(=O)C(=O)C(CC1CC1)NC(=O)C1CCCN1C)c1ccccc1. The predicted molar refractivity (Wildman–Crippen MR) is 213 cm³/mol. The number of rotatable bonds is 20. The van der Waals surface area contributed by atoms with Crippen LogP contribution in [-0.4, -0.2) is 109 Å². The number of carbonyl (C=O) groups is 7. The number of carbonyl (C=O) groups excluding carboxylic acids is 7. The van der Waals surface area contributed by atoms with Crippen molar-refractivity contribution in [3.63, 3.8) is 0 Å². The molecule has 1 saturated heterocycles. The lowest BCUT2D eigenvalue weighted by Gasteiger charge is -2.32. The summed E-state index contributed by atoms with van der Waals surface area (Å²) in [6.07, 6.45) is 8.29. The molecule has 3 rings (SSSR count). The molecule has 0 spiro atoms. The van der Waals surface area contributed by atoms with Gasteiger partial charge in [0.15, 0.2) is 0 Å². The molecule has 1 aliphatic carbocycles. The normalized spacial score (nSPS) is 17.3. The van der Waals surface area contributed by atoms with Gasteiger partial charge in [-0.1, -0.05) is 84.2 Å². The quantitative estimate of drug-likeness (QED) is 0.0983. The maximum absolute atomic E-state index is 13.0. The van der Waals surface area contributed by atoms with Crippen LogP contribution < -0.4 is 26.6 Å². The van der Waals surface area contributed by atoms with Gasteiger partial charge in [-0.15, -0.1) is 0 Å². The highest BCUT2D eigenvalue weighted by Gasteiger charge is 2.37. The first-order valence-electron chi connectivity index (χ1n) is 19.8. The van der Waals surface area contributed by atoms with Gasteiger partial charge in [0.2, 0.25) is 23.5 Å². The molecule has 2 fully saturated rings. The predicted octanol–water partition coefficient (Wildman–Crippen LogP) is 3.64. The van der Waals surface area contributed by atoms with Gasteiger partial charge in [0.05, 0.1) is 24.7 Å². The number of nitrogens with one attached hydrogen (secondary N) is 5. The van der Waals surface area contributed by atoms with Crippen molar-refractivity contribution in [1.82, 2.24) is 36.4 Å². The Balaban J connectivity index is 0.000000490. The second kappa shape index (κ2) is 22.3. The van der Waals surface area contributed by atoms with E-state index in [0.29, 0.717) is 30.9 Å². The zero-order valence-electron chi connectivity index (χ0n) is 34.6. The number of hydrogen-bond acceptors (Lipinski definition) is 8. The van der Waals surface area contributed by atoms with Crippen LogP contribution in [0.1, 0.15) is 118 Å². The molecule has 308 valence electrons. The number of amides is 6. The summed E-state index contributed by atoms with van der Waals surface area (Å²) in [6, 6.07) is 6.00. The molecule has 14 heteroatoms. The minimum atomic E-state index is -0.924. The average Bonchev–Trinajstić information content (AvgIpc) is 3.86. The van der Waals surface area contributed by atoms with E-state index < -0.39 is 42.3 Å². The maximum atomic E-state index is 13.0. The number of ketones is 1. The average molecular weight is 770 g/mol. The molecule has 4 unspecified atom stereocenters. The molecule has 0 bridgehead atoms. The summed E-state index contributed by atoms with van der Waals surface area (Å²) in [5.74, 6) is -2.48. The fourth-order valence-electron chi connectivity index (χ4n) is 6.45.